The predicted molar refractivity (Wildman–Crippen MR) is 119 cm³/mol. The van der Waals surface area contributed by atoms with Crippen molar-refractivity contribution < 1.29 is 9.59 Å². The molecular weight excluding hydrogens is 421 g/mol. The van der Waals surface area contributed by atoms with Crippen molar-refractivity contribution in [1.29, 1.82) is 0 Å². The van der Waals surface area contributed by atoms with Crippen LogP contribution in [0.15, 0.2) is 67.0 Å². The molecule has 2 amide bonds. The number of halogens is 2. The molecule has 1 aliphatic heterocycles. The van der Waals surface area contributed by atoms with Gasteiger partial charge >= 0.3 is 0 Å². The highest BCUT2D eigenvalue weighted by atomic mass is 35.5. The van der Waals surface area contributed by atoms with Gasteiger partial charge in [-0.15, -0.1) is 0 Å². The van der Waals surface area contributed by atoms with Gasteiger partial charge in [-0.3, -0.25) is 9.59 Å². The Labute approximate surface area is 185 Å². The highest BCUT2D eigenvalue weighted by Crippen LogP contribution is 2.22. The number of piperidine rings is 1. The number of amides is 2. The standard InChI is InChI=1S/C23H21Cl2N3O2/c24-17-5-8-21(25)20(15-17)22(29)26-18-9-13-28(14-10-18)23(30)16-3-6-19(7-4-16)27-11-1-2-12-27/h1-8,11-12,15,18H,9-10,13-14H2,(H,26,29). The zero-order chi connectivity index (χ0) is 21.1. The van der Waals surface area contributed by atoms with Gasteiger partial charge in [0.25, 0.3) is 11.8 Å². The van der Waals surface area contributed by atoms with Crippen molar-refractivity contribution in [2.24, 2.45) is 0 Å². The van der Waals surface area contributed by atoms with Gasteiger partial charge in [0.1, 0.15) is 0 Å². The lowest BCUT2D eigenvalue weighted by Gasteiger charge is -2.32. The van der Waals surface area contributed by atoms with E-state index >= 15 is 0 Å². The van der Waals surface area contributed by atoms with E-state index in [0.29, 0.717) is 47.1 Å². The second kappa shape index (κ2) is 8.94. The first-order valence-corrected chi connectivity index (χ1v) is 10.6. The van der Waals surface area contributed by atoms with Gasteiger partial charge in [0.2, 0.25) is 0 Å². The molecule has 0 bridgehead atoms. The van der Waals surface area contributed by atoms with E-state index in [0.717, 1.165) is 5.69 Å². The maximum atomic E-state index is 12.8. The first-order chi connectivity index (χ1) is 14.5. The molecule has 1 aliphatic rings. The summed E-state index contributed by atoms with van der Waals surface area (Å²) < 4.78 is 1.99. The van der Waals surface area contributed by atoms with Crippen LogP contribution in [0.4, 0.5) is 0 Å². The van der Waals surface area contributed by atoms with Crippen LogP contribution in [0.5, 0.6) is 0 Å². The van der Waals surface area contributed by atoms with Crippen molar-refractivity contribution in [2.45, 2.75) is 18.9 Å². The summed E-state index contributed by atoms with van der Waals surface area (Å²) in [6.07, 6.45) is 5.31. The molecule has 2 aromatic carbocycles. The summed E-state index contributed by atoms with van der Waals surface area (Å²) >= 11 is 12.1. The van der Waals surface area contributed by atoms with E-state index in [1.165, 1.54) is 0 Å². The van der Waals surface area contributed by atoms with Crippen LogP contribution in [0.2, 0.25) is 10.0 Å². The van der Waals surface area contributed by atoms with Crippen LogP contribution in [0.3, 0.4) is 0 Å². The van der Waals surface area contributed by atoms with E-state index < -0.39 is 0 Å². The second-order valence-corrected chi connectivity index (χ2v) is 8.14. The van der Waals surface area contributed by atoms with Gasteiger partial charge in [0.05, 0.1) is 10.6 Å². The van der Waals surface area contributed by atoms with Crippen molar-refractivity contribution >= 4 is 35.0 Å². The fraction of sp³-hybridized carbons (Fsp3) is 0.217. The Hall–Kier alpha value is -2.76. The van der Waals surface area contributed by atoms with Gasteiger partial charge in [0.15, 0.2) is 0 Å². The summed E-state index contributed by atoms with van der Waals surface area (Å²) in [5.74, 6) is -0.232. The van der Waals surface area contributed by atoms with Gasteiger partial charge in [-0.05, 0) is 67.4 Å². The zero-order valence-corrected chi connectivity index (χ0v) is 17.7. The third-order valence-electron chi connectivity index (χ3n) is 5.31. The molecule has 154 valence electrons. The van der Waals surface area contributed by atoms with Crippen LogP contribution in [0, 0.1) is 0 Å². The van der Waals surface area contributed by atoms with Crippen LogP contribution >= 0.6 is 23.2 Å². The minimum Gasteiger partial charge on any atom is -0.349 e. The number of hydrogen-bond donors (Lipinski definition) is 1. The molecular formula is C23H21Cl2N3O2. The average Bonchev–Trinajstić information content (AvgIpc) is 3.30. The molecule has 4 rings (SSSR count). The van der Waals surface area contributed by atoms with Crippen molar-refractivity contribution in [3.63, 3.8) is 0 Å². The van der Waals surface area contributed by atoms with Crippen molar-refractivity contribution in [1.82, 2.24) is 14.8 Å². The SMILES string of the molecule is O=C(NC1CCN(C(=O)c2ccc(-n3cccc3)cc2)CC1)c1cc(Cl)ccc1Cl. The molecule has 3 aromatic rings. The lowest BCUT2D eigenvalue weighted by atomic mass is 10.0. The number of carbonyl (C=O) groups is 2. The molecule has 1 saturated heterocycles. The lowest BCUT2D eigenvalue weighted by molar-refractivity contribution is 0.0698. The molecule has 0 saturated carbocycles. The predicted octanol–water partition coefficient (Wildman–Crippen LogP) is 4.82. The van der Waals surface area contributed by atoms with Gasteiger partial charge in [-0.2, -0.15) is 0 Å². The molecule has 0 radical (unpaired) electrons. The molecule has 0 aliphatic carbocycles. The third-order valence-corrected chi connectivity index (χ3v) is 5.87. The second-order valence-electron chi connectivity index (χ2n) is 7.30. The number of nitrogens with one attached hydrogen (secondary N) is 1. The molecule has 30 heavy (non-hydrogen) atoms. The van der Waals surface area contributed by atoms with Crippen molar-refractivity contribution in [3.05, 3.63) is 88.2 Å². The number of hydrogen-bond acceptors (Lipinski definition) is 2. The first-order valence-electron chi connectivity index (χ1n) is 9.80. The topological polar surface area (TPSA) is 54.3 Å². The summed E-state index contributed by atoms with van der Waals surface area (Å²) in [4.78, 5) is 27.2. The minimum absolute atomic E-state index is 0.00675. The molecule has 1 fully saturated rings. The molecule has 1 N–H and O–H groups in total. The normalized spacial score (nSPS) is 14.5. The number of aromatic nitrogens is 1. The maximum absolute atomic E-state index is 12.8. The summed E-state index contributed by atoms with van der Waals surface area (Å²) in [5, 5.41) is 3.84. The fourth-order valence-electron chi connectivity index (χ4n) is 3.63. The maximum Gasteiger partial charge on any atom is 0.253 e. The first kappa shape index (κ1) is 20.5. The number of likely N-dealkylation sites (tertiary alicyclic amines) is 1. The van der Waals surface area contributed by atoms with Gasteiger partial charge in [-0.1, -0.05) is 23.2 Å². The summed E-state index contributed by atoms with van der Waals surface area (Å²) in [7, 11) is 0. The van der Waals surface area contributed by atoms with Crippen molar-refractivity contribution in [2.75, 3.05) is 13.1 Å². The van der Waals surface area contributed by atoms with Gasteiger partial charge in [0, 0.05) is 47.8 Å². The Kier molecular flexibility index (Phi) is 6.11. The summed E-state index contributed by atoms with van der Waals surface area (Å²) in [5.41, 5.74) is 2.04. The van der Waals surface area contributed by atoms with Crippen molar-refractivity contribution in [3.8, 4) is 5.69 Å². The monoisotopic (exact) mass is 441 g/mol. The summed E-state index contributed by atoms with van der Waals surface area (Å²) in [6, 6.07) is 16.3. The zero-order valence-electron chi connectivity index (χ0n) is 16.2. The average molecular weight is 442 g/mol. The molecule has 2 heterocycles. The van der Waals surface area contributed by atoms with Crippen LogP contribution in [0.1, 0.15) is 33.6 Å². The van der Waals surface area contributed by atoms with Crippen LogP contribution in [0.25, 0.3) is 5.69 Å². The molecule has 5 nitrogen and oxygen atoms in total. The molecule has 0 atom stereocenters. The summed E-state index contributed by atoms with van der Waals surface area (Å²) in [6.45, 7) is 1.18. The number of nitrogens with zero attached hydrogens (tertiary/aromatic N) is 2. The van der Waals surface area contributed by atoms with Gasteiger partial charge in [-0.25, -0.2) is 0 Å². The quantitative estimate of drug-likeness (QED) is 0.630. The number of carbonyl (C=O) groups excluding carboxylic acids is 2. The number of rotatable bonds is 4. The largest absolute Gasteiger partial charge is 0.349 e. The lowest BCUT2D eigenvalue weighted by Crippen LogP contribution is -2.46. The fourth-order valence-corrected chi connectivity index (χ4v) is 4.00. The molecule has 0 spiro atoms. The molecule has 7 heteroatoms. The molecule has 0 unspecified atom stereocenters. The Morgan fingerprint density at radius 3 is 2.27 bits per heavy atom. The Morgan fingerprint density at radius 1 is 0.933 bits per heavy atom. The van der Waals surface area contributed by atoms with E-state index in [4.69, 9.17) is 23.2 Å². The van der Waals surface area contributed by atoms with Crippen LogP contribution < -0.4 is 5.32 Å². The smallest absolute Gasteiger partial charge is 0.253 e. The van der Waals surface area contributed by atoms with E-state index in [9.17, 15) is 9.59 Å². The Bertz CT molecular complexity index is 1040. The van der Waals surface area contributed by atoms with Gasteiger partial charge < -0.3 is 14.8 Å². The van der Waals surface area contributed by atoms with E-state index in [-0.39, 0.29) is 17.9 Å². The van der Waals surface area contributed by atoms with E-state index in [1.54, 1.807) is 18.2 Å². The van der Waals surface area contributed by atoms with E-state index in [2.05, 4.69) is 5.32 Å². The third kappa shape index (κ3) is 4.53. The van der Waals surface area contributed by atoms with Crippen LogP contribution in [-0.2, 0) is 0 Å². The highest BCUT2D eigenvalue weighted by molar-refractivity contribution is 6.35. The Morgan fingerprint density at radius 2 is 1.60 bits per heavy atom. The minimum atomic E-state index is -0.243. The number of benzene rings is 2. The Balaban J connectivity index is 1.33. The highest BCUT2D eigenvalue weighted by Gasteiger charge is 2.25. The molecule has 1 aromatic heterocycles. The van der Waals surface area contributed by atoms with E-state index in [1.807, 2.05) is 58.3 Å². The van der Waals surface area contributed by atoms with Crippen LogP contribution in [-0.4, -0.2) is 40.4 Å².